The van der Waals surface area contributed by atoms with Crippen LogP contribution in [0.3, 0.4) is 0 Å². The van der Waals surface area contributed by atoms with Crippen LogP contribution in [0.1, 0.15) is 31.1 Å². The minimum Gasteiger partial charge on any atom is -0.494 e. The van der Waals surface area contributed by atoms with E-state index < -0.39 is 6.04 Å². The van der Waals surface area contributed by atoms with Crippen molar-refractivity contribution >= 4 is 28.3 Å². The fourth-order valence-electron chi connectivity index (χ4n) is 2.79. The van der Waals surface area contributed by atoms with Crippen molar-refractivity contribution in [2.45, 2.75) is 26.8 Å². The van der Waals surface area contributed by atoms with Gasteiger partial charge in [-0.1, -0.05) is 13.8 Å². The zero-order valence-corrected chi connectivity index (χ0v) is 17.9. The van der Waals surface area contributed by atoms with E-state index >= 15 is 0 Å². The molecule has 2 heterocycles. The predicted molar refractivity (Wildman–Crippen MR) is 118 cm³/mol. The largest absolute Gasteiger partial charge is 0.494 e. The van der Waals surface area contributed by atoms with Crippen LogP contribution in [0.2, 0.25) is 0 Å². The summed E-state index contributed by atoms with van der Waals surface area (Å²) in [5, 5.41) is 7.96. The van der Waals surface area contributed by atoms with Gasteiger partial charge in [0, 0.05) is 28.9 Å². The molecule has 1 aromatic carbocycles. The summed E-state index contributed by atoms with van der Waals surface area (Å²) in [4.78, 5) is 34.0. The molecule has 3 rings (SSSR count). The Hall–Kier alpha value is -3.26. The second-order valence-corrected chi connectivity index (χ2v) is 7.78. The second kappa shape index (κ2) is 9.98. The van der Waals surface area contributed by atoms with Crippen molar-refractivity contribution in [1.29, 1.82) is 0 Å². The van der Waals surface area contributed by atoms with E-state index in [1.807, 2.05) is 38.3 Å². The molecule has 0 saturated heterocycles. The van der Waals surface area contributed by atoms with Crippen LogP contribution in [-0.4, -0.2) is 34.4 Å². The first-order valence-electron chi connectivity index (χ1n) is 9.68. The number of nitrogens with zero attached hydrogens (tertiary/aromatic N) is 2. The van der Waals surface area contributed by atoms with Crippen molar-refractivity contribution in [2.75, 3.05) is 11.9 Å². The minimum absolute atomic E-state index is 0.102. The number of thiazole rings is 1. The van der Waals surface area contributed by atoms with E-state index in [1.54, 1.807) is 36.7 Å². The fourth-order valence-corrected chi connectivity index (χ4v) is 3.51. The topological polar surface area (TPSA) is 93.2 Å². The molecule has 0 saturated carbocycles. The average Bonchev–Trinajstić information content (AvgIpc) is 3.21. The Morgan fingerprint density at radius 1 is 1.17 bits per heavy atom. The molecule has 0 aliphatic rings. The first-order chi connectivity index (χ1) is 14.5. The standard InChI is InChI=1S/C22H24N4O3S/c1-4-29-17-9-7-15(8-10-17)20(27)25-19(14(2)3)21(28)26-22-24-18(13-30-22)16-6-5-11-23-12-16/h5-14,19H,4H2,1-3H3,(H,25,27)(H,24,26,28)/t19-/m0/s1. The van der Waals surface area contributed by atoms with E-state index in [1.165, 1.54) is 11.3 Å². The zero-order valence-electron chi connectivity index (χ0n) is 17.1. The molecule has 0 fully saturated rings. The fraction of sp³-hybridized carbons (Fsp3) is 0.273. The molecule has 0 radical (unpaired) electrons. The number of benzene rings is 1. The summed E-state index contributed by atoms with van der Waals surface area (Å²) in [6.07, 6.45) is 3.41. The molecule has 2 N–H and O–H groups in total. The highest BCUT2D eigenvalue weighted by Gasteiger charge is 2.25. The van der Waals surface area contributed by atoms with Gasteiger partial charge in [-0.2, -0.15) is 0 Å². The summed E-state index contributed by atoms with van der Waals surface area (Å²) in [6, 6.07) is 9.86. The molecule has 156 valence electrons. The molecular formula is C22H24N4O3S. The highest BCUT2D eigenvalue weighted by atomic mass is 32.1. The number of pyridine rings is 1. The van der Waals surface area contributed by atoms with Crippen molar-refractivity contribution in [1.82, 2.24) is 15.3 Å². The molecule has 0 spiro atoms. The summed E-state index contributed by atoms with van der Waals surface area (Å²) in [6.45, 7) is 6.21. The zero-order chi connectivity index (χ0) is 21.5. The number of ether oxygens (including phenoxy) is 1. The summed E-state index contributed by atoms with van der Waals surface area (Å²) in [5.74, 6) is -0.0340. The number of hydrogen-bond donors (Lipinski definition) is 2. The summed E-state index contributed by atoms with van der Waals surface area (Å²) in [5.41, 5.74) is 2.08. The maximum absolute atomic E-state index is 12.8. The molecule has 1 atom stereocenters. The van der Waals surface area contributed by atoms with E-state index in [-0.39, 0.29) is 17.7 Å². The van der Waals surface area contributed by atoms with Crippen molar-refractivity contribution in [3.63, 3.8) is 0 Å². The third-order valence-electron chi connectivity index (χ3n) is 4.35. The third-order valence-corrected chi connectivity index (χ3v) is 5.11. The van der Waals surface area contributed by atoms with Gasteiger partial charge in [0.25, 0.3) is 5.91 Å². The van der Waals surface area contributed by atoms with E-state index in [9.17, 15) is 9.59 Å². The van der Waals surface area contributed by atoms with E-state index in [4.69, 9.17) is 4.74 Å². The van der Waals surface area contributed by atoms with Crippen LogP contribution in [0, 0.1) is 5.92 Å². The molecule has 0 aliphatic carbocycles. The van der Waals surface area contributed by atoms with Crippen molar-refractivity contribution in [3.05, 3.63) is 59.7 Å². The number of nitrogens with one attached hydrogen (secondary N) is 2. The van der Waals surface area contributed by atoms with Gasteiger partial charge in [0.2, 0.25) is 5.91 Å². The smallest absolute Gasteiger partial charge is 0.251 e. The molecule has 0 aliphatic heterocycles. The molecule has 0 bridgehead atoms. The lowest BCUT2D eigenvalue weighted by Gasteiger charge is -2.21. The maximum Gasteiger partial charge on any atom is 0.251 e. The molecular weight excluding hydrogens is 400 g/mol. The van der Waals surface area contributed by atoms with Gasteiger partial charge >= 0.3 is 0 Å². The quantitative estimate of drug-likeness (QED) is 0.570. The first-order valence-corrected chi connectivity index (χ1v) is 10.6. The average molecular weight is 425 g/mol. The third kappa shape index (κ3) is 5.42. The lowest BCUT2D eigenvalue weighted by Crippen LogP contribution is -2.47. The minimum atomic E-state index is -0.699. The Kier molecular flexibility index (Phi) is 7.13. The van der Waals surface area contributed by atoms with Crippen molar-refractivity contribution < 1.29 is 14.3 Å². The van der Waals surface area contributed by atoms with Gasteiger partial charge in [0.05, 0.1) is 12.3 Å². The Morgan fingerprint density at radius 3 is 2.57 bits per heavy atom. The molecule has 3 aromatic rings. The van der Waals surface area contributed by atoms with Crippen LogP contribution in [-0.2, 0) is 4.79 Å². The highest BCUT2D eigenvalue weighted by Crippen LogP contribution is 2.24. The van der Waals surface area contributed by atoms with Crippen LogP contribution in [0.5, 0.6) is 5.75 Å². The van der Waals surface area contributed by atoms with Crippen LogP contribution in [0.4, 0.5) is 5.13 Å². The van der Waals surface area contributed by atoms with Crippen molar-refractivity contribution in [2.24, 2.45) is 5.92 Å². The molecule has 30 heavy (non-hydrogen) atoms. The van der Waals surface area contributed by atoms with Gasteiger partial charge in [-0.05, 0) is 49.2 Å². The molecule has 2 aromatic heterocycles. The number of amides is 2. The normalized spacial score (nSPS) is 11.7. The van der Waals surface area contributed by atoms with E-state index in [0.29, 0.717) is 23.1 Å². The van der Waals surface area contributed by atoms with Gasteiger partial charge in [-0.25, -0.2) is 4.98 Å². The van der Waals surface area contributed by atoms with Gasteiger partial charge in [0.1, 0.15) is 11.8 Å². The maximum atomic E-state index is 12.8. The Bertz CT molecular complexity index is 987. The van der Waals surface area contributed by atoms with E-state index in [2.05, 4.69) is 20.6 Å². The number of carbonyl (C=O) groups is 2. The molecule has 7 nitrogen and oxygen atoms in total. The Morgan fingerprint density at radius 2 is 1.93 bits per heavy atom. The molecule has 0 unspecified atom stereocenters. The molecule has 2 amide bonds. The van der Waals surface area contributed by atoms with Crippen LogP contribution >= 0.6 is 11.3 Å². The van der Waals surface area contributed by atoms with Crippen molar-refractivity contribution in [3.8, 4) is 17.0 Å². The van der Waals surface area contributed by atoms with Crippen LogP contribution in [0.15, 0.2) is 54.2 Å². The Balaban J connectivity index is 1.66. The lowest BCUT2D eigenvalue weighted by atomic mass is 10.0. The van der Waals surface area contributed by atoms with Gasteiger partial charge in [0.15, 0.2) is 5.13 Å². The number of hydrogen-bond acceptors (Lipinski definition) is 6. The highest BCUT2D eigenvalue weighted by molar-refractivity contribution is 7.14. The summed E-state index contributed by atoms with van der Waals surface area (Å²) < 4.78 is 5.39. The molecule has 8 heteroatoms. The number of anilines is 1. The first kappa shape index (κ1) is 21.4. The van der Waals surface area contributed by atoms with Crippen LogP contribution < -0.4 is 15.4 Å². The monoisotopic (exact) mass is 424 g/mol. The number of carbonyl (C=O) groups excluding carboxylic acids is 2. The predicted octanol–water partition coefficient (Wildman–Crippen LogP) is 4.00. The Labute approximate surface area is 179 Å². The SMILES string of the molecule is CCOc1ccc(C(=O)N[C@H](C(=O)Nc2nc(-c3cccnc3)cs2)C(C)C)cc1. The number of rotatable bonds is 8. The number of aromatic nitrogens is 2. The summed E-state index contributed by atoms with van der Waals surface area (Å²) >= 11 is 1.33. The summed E-state index contributed by atoms with van der Waals surface area (Å²) in [7, 11) is 0. The lowest BCUT2D eigenvalue weighted by molar-refractivity contribution is -0.118. The second-order valence-electron chi connectivity index (χ2n) is 6.92. The van der Waals surface area contributed by atoms with Gasteiger partial charge < -0.3 is 15.4 Å². The van der Waals surface area contributed by atoms with E-state index in [0.717, 1.165) is 11.3 Å². The van der Waals surface area contributed by atoms with Gasteiger partial charge in [-0.3, -0.25) is 14.6 Å². The van der Waals surface area contributed by atoms with Crippen LogP contribution in [0.25, 0.3) is 11.3 Å². The van der Waals surface area contributed by atoms with Gasteiger partial charge in [-0.15, -0.1) is 11.3 Å².